The highest BCUT2D eigenvalue weighted by atomic mass is 16.3. The summed E-state index contributed by atoms with van der Waals surface area (Å²) in [6.07, 6.45) is 0. The molecule has 134 valence electrons. The summed E-state index contributed by atoms with van der Waals surface area (Å²) in [5.74, 6) is 0.432. The zero-order valence-electron chi connectivity index (χ0n) is 15.5. The maximum absolute atomic E-state index is 12.7. The number of oxazole rings is 1. The van der Waals surface area contributed by atoms with Gasteiger partial charge in [0.1, 0.15) is 5.52 Å². The molecule has 0 bridgehead atoms. The molecule has 0 aliphatic carbocycles. The normalized spacial score (nSPS) is 10.9. The smallest absolute Gasteiger partial charge is 0.255 e. The molecule has 4 aromatic rings. The molecule has 0 aliphatic rings. The Hall–Kier alpha value is -3.40. The SMILES string of the molecule is Cc1ccc(C(=O)Nc2cccc(-c3nc4ccccc4o3)c2C)c(C)c1. The molecule has 4 heteroatoms. The molecule has 1 amide bonds. The second kappa shape index (κ2) is 6.72. The first kappa shape index (κ1) is 17.0. The first-order chi connectivity index (χ1) is 13.0. The van der Waals surface area contributed by atoms with Gasteiger partial charge < -0.3 is 9.73 Å². The van der Waals surface area contributed by atoms with Crippen molar-refractivity contribution in [2.75, 3.05) is 5.32 Å². The molecule has 1 N–H and O–H groups in total. The lowest BCUT2D eigenvalue weighted by Gasteiger charge is -2.12. The summed E-state index contributed by atoms with van der Waals surface area (Å²) >= 11 is 0. The number of carbonyl (C=O) groups excluding carboxylic acids is 1. The zero-order valence-corrected chi connectivity index (χ0v) is 15.5. The van der Waals surface area contributed by atoms with Crippen LogP contribution in [0, 0.1) is 20.8 Å². The molecule has 27 heavy (non-hydrogen) atoms. The minimum Gasteiger partial charge on any atom is -0.436 e. The van der Waals surface area contributed by atoms with Gasteiger partial charge in [-0.1, -0.05) is 35.9 Å². The number of fused-ring (bicyclic) bond motifs is 1. The van der Waals surface area contributed by atoms with Crippen LogP contribution in [0.4, 0.5) is 5.69 Å². The number of aryl methyl sites for hydroxylation is 2. The highest BCUT2D eigenvalue weighted by molar-refractivity contribution is 6.06. The third-order valence-corrected chi connectivity index (χ3v) is 4.73. The number of benzene rings is 3. The molecular weight excluding hydrogens is 336 g/mol. The van der Waals surface area contributed by atoms with Gasteiger partial charge in [-0.3, -0.25) is 4.79 Å². The number of aromatic nitrogens is 1. The summed E-state index contributed by atoms with van der Waals surface area (Å²) in [4.78, 5) is 17.3. The van der Waals surface area contributed by atoms with E-state index in [1.54, 1.807) is 0 Å². The van der Waals surface area contributed by atoms with Crippen LogP contribution in [0.15, 0.2) is 65.1 Å². The van der Waals surface area contributed by atoms with E-state index < -0.39 is 0 Å². The quantitative estimate of drug-likeness (QED) is 0.514. The Kier molecular flexibility index (Phi) is 4.24. The van der Waals surface area contributed by atoms with Crippen LogP contribution >= 0.6 is 0 Å². The lowest BCUT2D eigenvalue weighted by molar-refractivity contribution is 0.102. The van der Waals surface area contributed by atoms with Gasteiger partial charge in [0.15, 0.2) is 5.58 Å². The van der Waals surface area contributed by atoms with Gasteiger partial charge in [0, 0.05) is 16.8 Å². The molecule has 0 saturated carbocycles. The molecule has 0 fully saturated rings. The highest BCUT2D eigenvalue weighted by Gasteiger charge is 2.15. The maximum atomic E-state index is 12.7. The standard InChI is InChI=1S/C23H20N2O2/c1-14-11-12-17(15(2)13-14)22(26)24-19-9-6-7-18(16(19)3)23-25-20-8-4-5-10-21(20)27-23/h4-13H,1-3H3,(H,24,26). The van der Waals surface area contributed by atoms with Crippen molar-refractivity contribution >= 4 is 22.7 Å². The Morgan fingerprint density at radius 3 is 2.56 bits per heavy atom. The van der Waals surface area contributed by atoms with Crippen molar-refractivity contribution in [3.63, 3.8) is 0 Å². The van der Waals surface area contributed by atoms with Crippen molar-refractivity contribution < 1.29 is 9.21 Å². The third-order valence-electron chi connectivity index (χ3n) is 4.73. The van der Waals surface area contributed by atoms with Gasteiger partial charge in [-0.2, -0.15) is 0 Å². The molecular formula is C23H20N2O2. The van der Waals surface area contributed by atoms with E-state index in [9.17, 15) is 4.79 Å². The topological polar surface area (TPSA) is 55.1 Å². The summed E-state index contributed by atoms with van der Waals surface area (Å²) in [5, 5.41) is 3.02. The van der Waals surface area contributed by atoms with Crippen LogP contribution in [0.1, 0.15) is 27.0 Å². The van der Waals surface area contributed by atoms with E-state index in [1.807, 2.05) is 81.4 Å². The van der Waals surface area contributed by atoms with Crippen molar-refractivity contribution in [1.82, 2.24) is 4.98 Å². The molecule has 4 nitrogen and oxygen atoms in total. The number of carbonyl (C=O) groups is 1. The van der Waals surface area contributed by atoms with Crippen LogP contribution in [0.3, 0.4) is 0 Å². The van der Waals surface area contributed by atoms with Gasteiger partial charge in [0.2, 0.25) is 5.89 Å². The number of anilines is 1. The lowest BCUT2D eigenvalue weighted by Crippen LogP contribution is -2.14. The van der Waals surface area contributed by atoms with E-state index >= 15 is 0 Å². The molecule has 0 atom stereocenters. The molecule has 1 aromatic heterocycles. The number of nitrogens with one attached hydrogen (secondary N) is 1. The summed E-state index contributed by atoms with van der Waals surface area (Å²) in [6, 6.07) is 19.2. The van der Waals surface area contributed by atoms with Crippen LogP contribution in [0.2, 0.25) is 0 Å². The predicted molar refractivity (Wildman–Crippen MR) is 108 cm³/mol. The Morgan fingerprint density at radius 2 is 1.78 bits per heavy atom. The van der Waals surface area contributed by atoms with Gasteiger partial charge >= 0.3 is 0 Å². The van der Waals surface area contributed by atoms with E-state index in [-0.39, 0.29) is 5.91 Å². The van der Waals surface area contributed by atoms with Crippen LogP contribution in [-0.2, 0) is 0 Å². The minimum absolute atomic E-state index is 0.120. The largest absolute Gasteiger partial charge is 0.436 e. The third kappa shape index (κ3) is 3.22. The fraction of sp³-hybridized carbons (Fsp3) is 0.130. The van der Waals surface area contributed by atoms with Crippen molar-refractivity contribution in [3.8, 4) is 11.5 Å². The first-order valence-electron chi connectivity index (χ1n) is 8.87. The van der Waals surface area contributed by atoms with Crippen molar-refractivity contribution in [3.05, 3.63) is 82.9 Å². The molecule has 0 saturated heterocycles. The summed E-state index contributed by atoms with van der Waals surface area (Å²) < 4.78 is 5.89. The van der Waals surface area contributed by atoms with E-state index in [0.717, 1.165) is 39.0 Å². The van der Waals surface area contributed by atoms with Gasteiger partial charge in [0.25, 0.3) is 5.91 Å². The van der Waals surface area contributed by atoms with Crippen molar-refractivity contribution in [1.29, 1.82) is 0 Å². The second-order valence-corrected chi connectivity index (χ2v) is 6.74. The van der Waals surface area contributed by atoms with E-state index in [0.29, 0.717) is 11.5 Å². The zero-order chi connectivity index (χ0) is 19.0. The number of hydrogen-bond donors (Lipinski definition) is 1. The Bertz CT molecular complexity index is 1130. The monoisotopic (exact) mass is 356 g/mol. The van der Waals surface area contributed by atoms with Gasteiger partial charge in [0.05, 0.1) is 0 Å². The average molecular weight is 356 g/mol. The molecule has 0 aliphatic heterocycles. The molecule has 0 unspecified atom stereocenters. The van der Waals surface area contributed by atoms with Gasteiger partial charge in [-0.05, 0) is 62.2 Å². The molecule has 3 aromatic carbocycles. The van der Waals surface area contributed by atoms with Gasteiger partial charge in [-0.25, -0.2) is 4.98 Å². The van der Waals surface area contributed by atoms with Crippen LogP contribution < -0.4 is 5.32 Å². The van der Waals surface area contributed by atoms with Crippen molar-refractivity contribution in [2.45, 2.75) is 20.8 Å². The summed E-state index contributed by atoms with van der Waals surface area (Å²) in [6.45, 7) is 5.92. The lowest BCUT2D eigenvalue weighted by atomic mass is 10.0. The number of amides is 1. The van der Waals surface area contributed by atoms with Crippen LogP contribution in [0.5, 0.6) is 0 Å². The second-order valence-electron chi connectivity index (χ2n) is 6.74. The summed E-state index contributed by atoms with van der Waals surface area (Å²) in [5.41, 5.74) is 6.87. The Morgan fingerprint density at radius 1 is 0.963 bits per heavy atom. The Labute approximate surface area is 157 Å². The minimum atomic E-state index is -0.120. The Balaban J connectivity index is 1.68. The number of nitrogens with zero attached hydrogens (tertiary/aromatic N) is 1. The fourth-order valence-electron chi connectivity index (χ4n) is 3.25. The van der Waals surface area contributed by atoms with E-state index in [1.165, 1.54) is 0 Å². The number of hydrogen-bond acceptors (Lipinski definition) is 3. The fourth-order valence-corrected chi connectivity index (χ4v) is 3.25. The molecule has 0 radical (unpaired) electrons. The van der Waals surface area contributed by atoms with Crippen molar-refractivity contribution in [2.24, 2.45) is 0 Å². The average Bonchev–Trinajstić information content (AvgIpc) is 3.07. The molecule has 4 rings (SSSR count). The molecule has 0 spiro atoms. The highest BCUT2D eigenvalue weighted by Crippen LogP contribution is 2.30. The summed E-state index contributed by atoms with van der Waals surface area (Å²) in [7, 11) is 0. The van der Waals surface area contributed by atoms with Crippen LogP contribution in [0.25, 0.3) is 22.6 Å². The predicted octanol–water partition coefficient (Wildman–Crippen LogP) is 5.67. The first-order valence-corrected chi connectivity index (χ1v) is 8.87. The number of para-hydroxylation sites is 2. The van der Waals surface area contributed by atoms with E-state index in [2.05, 4.69) is 10.3 Å². The number of rotatable bonds is 3. The maximum Gasteiger partial charge on any atom is 0.255 e. The van der Waals surface area contributed by atoms with E-state index in [4.69, 9.17) is 4.42 Å². The molecule has 1 heterocycles. The van der Waals surface area contributed by atoms with Gasteiger partial charge in [-0.15, -0.1) is 0 Å². The van der Waals surface area contributed by atoms with Crippen LogP contribution in [-0.4, -0.2) is 10.9 Å².